The van der Waals surface area contributed by atoms with Crippen LogP contribution in [0.2, 0.25) is 0 Å². The number of hydrogen-bond acceptors (Lipinski definition) is 2. The number of pyridine rings is 1. The highest BCUT2D eigenvalue weighted by molar-refractivity contribution is 9.10. The quantitative estimate of drug-likeness (QED) is 0.830. The summed E-state index contributed by atoms with van der Waals surface area (Å²) in [5, 5.41) is 0. The summed E-state index contributed by atoms with van der Waals surface area (Å²) in [4.78, 5) is 14.1. The minimum Gasteiger partial charge on any atom is -0.313 e. The van der Waals surface area contributed by atoms with Gasteiger partial charge in [-0.3, -0.25) is 4.79 Å². The molecule has 0 aromatic carbocycles. The lowest BCUT2D eigenvalue weighted by Crippen LogP contribution is -2.31. The van der Waals surface area contributed by atoms with Crippen LogP contribution in [0.4, 0.5) is 0 Å². The predicted octanol–water partition coefficient (Wildman–Crippen LogP) is 2.26. The van der Waals surface area contributed by atoms with Gasteiger partial charge in [0.1, 0.15) is 0 Å². The SMILES string of the molecule is CCN(CC)CCn1cc(C)cc(Br)c1=O. The Bertz CT molecular complexity index is 396. The number of aryl methyl sites for hydroxylation is 1. The van der Waals surface area contributed by atoms with Crippen molar-refractivity contribution < 1.29 is 0 Å². The summed E-state index contributed by atoms with van der Waals surface area (Å²) in [7, 11) is 0. The van der Waals surface area contributed by atoms with E-state index in [1.165, 1.54) is 0 Å². The van der Waals surface area contributed by atoms with E-state index in [2.05, 4.69) is 34.7 Å². The first-order valence-corrected chi connectivity index (χ1v) is 6.46. The predicted molar refractivity (Wildman–Crippen MR) is 70.9 cm³/mol. The molecule has 16 heavy (non-hydrogen) atoms. The van der Waals surface area contributed by atoms with Gasteiger partial charge >= 0.3 is 0 Å². The number of halogens is 1. The molecule has 0 spiro atoms. The summed E-state index contributed by atoms with van der Waals surface area (Å²) in [6.45, 7) is 10.00. The summed E-state index contributed by atoms with van der Waals surface area (Å²) < 4.78 is 2.42. The van der Waals surface area contributed by atoms with Gasteiger partial charge in [-0.05, 0) is 47.6 Å². The summed E-state index contributed by atoms with van der Waals surface area (Å²) in [5.74, 6) is 0. The summed E-state index contributed by atoms with van der Waals surface area (Å²) in [5.41, 5.74) is 1.16. The van der Waals surface area contributed by atoms with Crippen LogP contribution in [0.15, 0.2) is 21.5 Å². The molecule has 0 aliphatic rings. The minimum atomic E-state index is 0.0535. The fraction of sp³-hybridized carbons (Fsp3) is 0.583. The van der Waals surface area contributed by atoms with Crippen LogP contribution in [0, 0.1) is 6.92 Å². The Morgan fingerprint density at radius 1 is 1.38 bits per heavy atom. The van der Waals surface area contributed by atoms with Gasteiger partial charge < -0.3 is 9.47 Å². The molecule has 1 heterocycles. The first-order chi connectivity index (χ1) is 7.58. The van der Waals surface area contributed by atoms with Gasteiger partial charge in [0.15, 0.2) is 0 Å². The van der Waals surface area contributed by atoms with E-state index in [0.29, 0.717) is 4.47 Å². The Kier molecular flexibility index (Phi) is 5.22. The molecule has 0 saturated carbocycles. The maximum atomic E-state index is 11.8. The first-order valence-electron chi connectivity index (χ1n) is 5.67. The zero-order valence-corrected chi connectivity index (χ0v) is 11.7. The van der Waals surface area contributed by atoms with Crippen LogP contribution in [0.3, 0.4) is 0 Å². The molecular formula is C12H19BrN2O. The van der Waals surface area contributed by atoms with Crippen molar-refractivity contribution in [2.45, 2.75) is 27.3 Å². The number of rotatable bonds is 5. The summed E-state index contributed by atoms with van der Waals surface area (Å²) >= 11 is 3.29. The van der Waals surface area contributed by atoms with Crippen molar-refractivity contribution >= 4 is 15.9 Å². The van der Waals surface area contributed by atoms with Crippen LogP contribution in [0.5, 0.6) is 0 Å². The highest BCUT2D eigenvalue weighted by atomic mass is 79.9. The van der Waals surface area contributed by atoms with E-state index in [1.54, 1.807) is 4.57 Å². The Morgan fingerprint density at radius 2 is 2.00 bits per heavy atom. The molecule has 4 heteroatoms. The van der Waals surface area contributed by atoms with E-state index in [9.17, 15) is 4.79 Å². The van der Waals surface area contributed by atoms with Crippen LogP contribution >= 0.6 is 15.9 Å². The van der Waals surface area contributed by atoms with E-state index in [-0.39, 0.29) is 5.56 Å². The third-order valence-corrected chi connectivity index (χ3v) is 3.30. The first kappa shape index (κ1) is 13.5. The van der Waals surface area contributed by atoms with Gasteiger partial charge in [-0.15, -0.1) is 0 Å². The van der Waals surface area contributed by atoms with Crippen LogP contribution in [-0.2, 0) is 6.54 Å². The van der Waals surface area contributed by atoms with Gasteiger partial charge in [-0.25, -0.2) is 0 Å². The van der Waals surface area contributed by atoms with E-state index in [4.69, 9.17) is 0 Å². The topological polar surface area (TPSA) is 25.2 Å². The van der Waals surface area contributed by atoms with Gasteiger partial charge in [-0.2, -0.15) is 0 Å². The van der Waals surface area contributed by atoms with Crippen molar-refractivity contribution in [3.8, 4) is 0 Å². The number of nitrogens with zero attached hydrogens (tertiary/aromatic N) is 2. The van der Waals surface area contributed by atoms with Crippen LogP contribution in [0.25, 0.3) is 0 Å². The molecule has 0 unspecified atom stereocenters. The molecule has 0 fully saturated rings. The van der Waals surface area contributed by atoms with E-state index < -0.39 is 0 Å². The molecule has 0 radical (unpaired) electrons. The number of likely N-dealkylation sites (N-methyl/N-ethyl adjacent to an activating group) is 1. The second-order valence-corrected chi connectivity index (χ2v) is 4.75. The molecule has 0 amide bonds. The highest BCUT2D eigenvalue weighted by Crippen LogP contribution is 2.05. The van der Waals surface area contributed by atoms with Crippen molar-refractivity contribution in [2.75, 3.05) is 19.6 Å². The fourth-order valence-corrected chi connectivity index (χ4v) is 2.28. The zero-order chi connectivity index (χ0) is 12.1. The van der Waals surface area contributed by atoms with Gasteiger partial charge in [0, 0.05) is 19.3 Å². The van der Waals surface area contributed by atoms with Crippen molar-refractivity contribution in [3.63, 3.8) is 0 Å². The lowest BCUT2D eigenvalue weighted by atomic mass is 10.3. The van der Waals surface area contributed by atoms with Crippen LogP contribution in [-0.4, -0.2) is 29.1 Å². The molecule has 0 bridgehead atoms. The molecule has 1 rings (SSSR count). The molecule has 1 aromatic heterocycles. The molecule has 3 nitrogen and oxygen atoms in total. The largest absolute Gasteiger partial charge is 0.313 e. The third-order valence-electron chi connectivity index (χ3n) is 2.73. The van der Waals surface area contributed by atoms with Gasteiger partial charge in [0.2, 0.25) is 0 Å². The van der Waals surface area contributed by atoms with Gasteiger partial charge in [0.25, 0.3) is 5.56 Å². The van der Waals surface area contributed by atoms with Gasteiger partial charge in [0.05, 0.1) is 4.47 Å². The van der Waals surface area contributed by atoms with E-state index >= 15 is 0 Å². The zero-order valence-electron chi connectivity index (χ0n) is 10.2. The Labute approximate surface area is 105 Å². The molecule has 90 valence electrons. The Balaban J connectivity index is 2.77. The Morgan fingerprint density at radius 3 is 2.56 bits per heavy atom. The molecule has 0 N–H and O–H groups in total. The number of aromatic nitrogens is 1. The number of hydrogen-bond donors (Lipinski definition) is 0. The second kappa shape index (κ2) is 6.21. The normalized spacial score (nSPS) is 11.1. The lowest BCUT2D eigenvalue weighted by molar-refractivity contribution is 0.289. The minimum absolute atomic E-state index is 0.0535. The third kappa shape index (κ3) is 3.46. The smallest absolute Gasteiger partial charge is 0.264 e. The van der Waals surface area contributed by atoms with E-state index in [0.717, 1.165) is 31.7 Å². The molecule has 0 saturated heterocycles. The molecule has 0 atom stereocenters. The monoisotopic (exact) mass is 286 g/mol. The fourth-order valence-electron chi connectivity index (χ4n) is 1.70. The molecular weight excluding hydrogens is 268 g/mol. The van der Waals surface area contributed by atoms with Crippen molar-refractivity contribution in [1.82, 2.24) is 9.47 Å². The average Bonchev–Trinajstić information content (AvgIpc) is 2.26. The van der Waals surface area contributed by atoms with Crippen molar-refractivity contribution in [1.29, 1.82) is 0 Å². The van der Waals surface area contributed by atoms with Crippen LogP contribution < -0.4 is 5.56 Å². The molecule has 0 aliphatic carbocycles. The maximum absolute atomic E-state index is 11.8. The lowest BCUT2D eigenvalue weighted by Gasteiger charge is -2.18. The van der Waals surface area contributed by atoms with Gasteiger partial charge in [-0.1, -0.05) is 13.8 Å². The molecule has 0 aliphatic heterocycles. The maximum Gasteiger partial charge on any atom is 0.264 e. The van der Waals surface area contributed by atoms with Crippen molar-refractivity contribution in [3.05, 3.63) is 32.7 Å². The van der Waals surface area contributed by atoms with Crippen molar-refractivity contribution in [2.24, 2.45) is 0 Å². The molecule has 1 aromatic rings. The summed E-state index contributed by atoms with van der Waals surface area (Å²) in [6, 6.07) is 1.86. The Hall–Kier alpha value is -0.610. The average molecular weight is 287 g/mol. The summed E-state index contributed by atoms with van der Waals surface area (Å²) in [6.07, 6.45) is 1.91. The second-order valence-electron chi connectivity index (χ2n) is 3.89. The van der Waals surface area contributed by atoms with Crippen LogP contribution in [0.1, 0.15) is 19.4 Å². The highest BCUT2D eigenvalue weighted by Gasteiger charge is 2.04. The standard InChI is InChI=1S/C12H19BrN2O/c1-4-14(5-2)6-7-15-9-10(3)8-11(13)12(15)16/h8-9H,4-7H2,1-3H3. The van der Waals surface area contributed by atoms with E-state index in [1.807, 2.05) is 19.2 Å².